The van der Waals surface area contributed by atoms with Gasteiger partial charge in [-0.25, -0.2) is 0 Å². The fourth-order valence-corrected chi connectivity index (χ4v) is 3.89. The van der Waals surface area contributed by atoms with Crippen molar-refractivity contribution in [3.63, 3.8) is 0 Å². The quantitative estimate of drug-likeness (QED) is 0.316. The Morgan fingerprint density at radius 2 is 1.87 bits per heavy atom. The zero-order chi connectivity index (χ0) is 21.8. The molecule has 6 nitrogen and oxygen atoms in total. The van der Waals surface area contributed by atoms with Crippen LogP contribution < -0.4 is 9.47 Å². The van der Waals surface area contributed by atoms with Gasteiger partial charge < -0.3 is 9.47 Å². The van der Waals surface area contributed by atoms with Crippen LogP contribution >= 0.6 is 35.0 Å². The topological polar surface area (TPSA) is 72.9 Å². The Morgan fingerprint density at radius 1 is 1.10 bits per heavy atom. The molecule has 2 aromatic rings. The van der Waals surface area contributed by atoms with Gasteiger partial charge in [0.15, 0.2) is 11.5 Å². The van der Waals surface area contributed by atoms with Gasteiger partial charge in [-0.2, -0.15) is 0 Å². The maximum atomic E-state index is 12.8. The molecule has 0 bridgehead atoms. The van der Waals surface area contributed by atoms with Crippen LogP contribution in [0.5, 0.6) is 11.5 Å². The second-order valence-corrected chi connectivity index (χ2v) is 8.06. The Balaban J connectivity index is 1.83. The van der Waals surface area contributed by atoms with Crippen molar-refractivity contribution in [1.82, 2.24) is 4.90 Å². The van der Waals surface area contributed by atoms with E-state index in [1.807, 2.05) is 0 Å². The van der Waals surface area contributed by atoms with Crippen molar-refractivity contribution in [3.05, 3.63) is 62.5 Å². The first-order valence-electron chi connectivity index (χ1n) is 8.93. The molecule has 1 aliphatic rings. The Labute approximate surface area is 187 Å². The molecule has 2 aromatic carbocycles. The lowest BCUT2D eigenvalue weighted by Gasteiger charge is -2.13. The highest BCUT2D eigenvalue weighted by Crippen LogP contribution is 2.36. The molecular weight excluding hydrogens is 449 g/mol. The molecule has 0 N–H and O–H groups in total. The van der Waals surface area contributed by atoms with Gasteiger partial charge >= 0.3 is 5.97 Å². The summed E-state index contributed by atoms with van der Waals surface area (Å²) in [5.74, 6) is -0.212. The van der Waals surface area contributed by atoms with Gasteiger partial charge in [0.2, 0.25) is 0 Å². The lowest BCUT2D eigenvalue weighted by Crippen LogP contribution is -2.27. The highest BCUT2D eigenvalue weighted by atomic mass is 35.5. The number of carbonyl (C=O) groups excluding carboxylic acids is 3. The van der Waals surface area contributed by atoms with E-state index in [0.29, 0.717) is 33.5 Å². The first kappa shape index (κ1) is 22.2. The number of nitrogens with zero attached hydrogens (tertiary/aromatic N) is 1. The minimum Gasteiger partial charge on any atom is -0.490 e. The minimum absolute atomic E-state index is 0.0917. The van der Waals surface area contributed by atoms with Gasteiger partial charge in [-0.05, 0) is 60.2 Å². The minimum atomic E-state index is -0.466. The molecule has 0 radical (unpaired) electrons. The van der Waals surface area contributed by atoms with Crippen molar-refractivity contribution in [3.8, 4) is 11.5 Å². The van der Waals surface area contributed by atoms with Crippen LogP contribution in [0.15, 0.2) is 41.3 Å². The van der Waals surface area contributed by atoms with E-state index in [1.165, 1.54) is 6.92 Å². The standard InChI is InChI=1S/C21H17Cl2NO5S/c1-3-28-18-9-13(5-7-17(18)29-12(2)25)10-19-20(26)24(21(27)30-19)11-14-4-6-15(22)16(23)8-14/h4-10H,3,11H2,1-2H3/b19-10-. The van der Waals surface area contributed by atoms with Crippen molar-refractivity contribution >= 4 is 58.2 Å². The van der Waals surface area contributed by atoms with E-state index in [0.717, 1.165) is 16.7 Å². The third-order valence-corrected chi connectivity index (χ3v) is 5.66. The van der Waals surface area contributed by atoms with Crippen molar-refractivity contribution < 1.29 is 23.9 Å². The van der Waals surface area contributed by atoms with Crippen LogP contribution in [0.4, 0.5) is 4.79 Å². The summed E-state index contributed by atoms with van der Waals surface area (Å²) in [6.45, 7) is 3.57. The van der Waals surface area contributed by atoms with Gasteiger partial charge in [0.25, 0.3) is 11.1 Å². The van der Waals surface area contributed by atoms with Crippen molar-refractivity contribution in [2.75, 3.05) is 6.61 Å². The number of halogens is 2. The Bertz CT molecular complexity index is 1050. The SMILES string of the molecule is CCOc1cc(/C=C2\SC(=O)N(Cc3ccc(Cl)c(Cl)c3)C2=O)ccc1OC(C)=O. The summed E-state index contributed by atoms with van der Waals surface area (Å²) in [6.07, 6.45) is 1.60. The van der Waals surface area contributed by atoms with Crippen molar-refractivity contribution in [1.29, 1.82) is 0 Å². The zero-order valence-corrected chi connectivity index (χ0v) is 18.4. The summed E-state index contributed by atoms with van der Waals surface area (Å²) >= 11 is 12.8. The maximum absolute atomic E-state index is 12.8. The molecule has 1 fully saturated rings. The summed E-state index contributed by atoms with van der Waals surface area (Å²) in [4.78, 5) is 37.8. The lowest BCUT2D eigenvalue weighted by molar-refractivity contribution is -0.132. The Kier molecular flexibility index (Phi) is 7.07. The average molecular weight is 466 g/mol. The van der Waals surface area contributed by atoms with Crippen LogP contribution in [0, 0.1) is 0 Å². The predicted octanol–water partition coefficient (Wildman–Crippen LogP) is 5.55. The molecule has 1 heterocycles. The smallest absolute Gasteiger partial charge is 0.308 e. The number of amides is 2. The van der Waals surface area contributed by atoms with Gasteiger partial charge in [0.1, 0.15) is 0 Å². The molecular formula is C21H17Cl2NO5S. The summed E-state index contributed by atoms with van der Waals surface area (Å²) in [5.41, 5.74) is 1.33. The third-order valence-electron chi connectivity index (χ3n) is 4.02. The number of hydrogen-bond acceptors (Lipinski definition) is 6. The molecule has 0 atom stereocenters. The number of thioether (sulfide) groups is 1. The molecule has 30 heavy (non-hydrogen) atoms. The number of imide groups is 1. The van der Waals surface area contributed by atoms with Crippen LogP contribution in [-0.2, 0) is 16.1 Å². The number of benzene rings is 2. The van der Waals surface area contributed by atoms with Crippen LogP contribution in [0.2, 0.25) is 10.0 Å². The van der Waals surface area contributed by atoms with Crippen molar-refractivity contribution in [2.45, 2.75) is 20.4 Å². The molecule has 0 aliphatic carbocycles. The lowest BCUT2D eigenvalue weighted by atomic mass is 10.1. The molecule has 0 spiro atoms. The summed E-state index contributed by atoms with van der Waals surface area (Å²) in [5, 5.41) is 0.378. The molecule has 0 aromatic heterocycles. The van der Waals surface area contributed by atoms with E-state index in [1.54, 1.807) is 49.4 Å². The summed E-state index contributed by atoms with van der Waals surface area (Å²) < 4.78 is 10.6. The van der Waals surface area contributed by atoms with Gasteiger partial charge in [-0.3, -0.25) is 19.3 Å². The largest absolute Gasteiger partial charge is 0.490 e. The van der Waals surface area contributed by atoms with E-state index in [-0.39, 0.29) is 22.4 Å². The van der Waals surface area contributed by atoms with Crippen LogP contribution in [0.1, 0.15) is 25.0 Å². The average Bonchev–Trinajstić information content (AvgIpc) is 2.94. The number of rotatable bonds is 6. The zero-order valence-electron chi connectivity index (χ0n) is 16.1. The van der Waals surface area contributed by atoms with E-state index in [2.05, 4.69) is 0 Å². The van der Waals surface area contributed by atoms with Gasteiger partial charge in [-0.15, -0.1) is 0 Å². The molecule has 0 unspecified atom stereocenters. The Morgan fingerprint density at radius 3 is 2.53 bits per heavy atom. The summed E-state index contributed by atoms with van der Waals surface area (Å²) in [7, 11) is 0. The monoisotopic (exact) mass is 465 g/mol. The molecule has 156 valence electrons. The maximum Gasteiger partial charge on any atom is 0.308 e. The number of hydrogen-bond donors (Lipinski definition) is 0. The van der Waals surface area contributed by atoms with Crippen LogP contribution in [-0.4, -0.2) is 28.6 Å². The third kappa shape index (κ3) is 5.16. The van der Waals surface area contributed by atoms with Gasteiger partial charge in [0, 0.05) is 6.92 Å². The number of esters is 1. The van der Waals surface area contributed by atoms with E-state index in [4.69, 9.17) is 32.7 Å². The number of ether oxygens (including phenoxy) is 2. The second-order valence-electron chi connectivity index (χ2n) is 6.25. The second kappa shape index (κ2) is 9.55. The first-order valence-corrected chi connectivity index (χ1v) is 10.5. The molecule has 1 aliphatic heterocycles. The molecule has 3 rings (SSSR count). The molecule has 9 heteroatoms. The molecule has 0 saturated carbocycles. The molecule has 2 amide bonds. The molecule has 1 saturated heterocycles. The highest BCUT2D eigenvalue weighted by molar-refractivity contribution is 8.18. The fourth-order valence-electron chi connectivity index (χ4n) is 2.73. The van der Waals surface area contributed by atoms with Crippen LogP contribution in [0.25, 0.3) is 6.08 Å². The van der Waals surface area contributed by atoms with E-state index < -0.39 is 11.9 Å². The number of carbonyl (C=O) groups is 3. The first-order chi connectivity index (χ1) is 14.3. The Hall–Kier alpha value is -2.48. The van der Waals surface area contributed by atoms with Gasteiger partial charge in [0.05, 0.1) is 28.1 Å². The van der Waals surface area contributed by atoms with E-state index in [9.17, 15) is 14.4 Å². The normalized spacial score (nSPS) is 15.1. The predicted molar refractivity (Wildman–Crippen MR) is 117 cm³/mol. The van der Waals surface area contributed by atoms with Crippen molar-refractivity contribution in [2.24, 2.45) is 0 Å². The van der Waals surface area contributed by atoms with Gasteiger partial charge in [-0.1, -0.05) is 35.3 Å². The summed E-state index contributed by atoms with van der Waals surface area (Å²) in [6, 6.07) is 9.86. The van der Waals surface area contributed by atoms with E-state index >= 15 is 0 Å². The fraction of sp³-hybridized carbons (Fsp3) is 0.190. The highest BCUT2D eigenvalue weighted by Gasteiger charge is 2.35. The van der Waals surface area contributed by atoms with Crippen LogP contribution in [0.3, 0.4) is 0 Å².